The zero-order chi connectivity index (χ0) is 9.84. The molecule has 0 spiro atoms. The smallest absolute Gasteiger partial charge is 0.151 e. The van der Waals surface area contributed by atoms with Crippen LogP contribution in [0, 0.1) is 3.57 Å². The number of carbonyl (C=O) groups excluding carboxylic acids is 1. The number of aldehydes is 1. The molecule has 1 N–H and O–H groups in total. The number of thiocarbonyl (C=S) groups is 1. The number of carbonyl (C=O) groups is 1. The summed E-state index contributed by atoms with van der Waals surface area (Å²) in [6, 6.07) is 5.50. The Hall–Kier alpha value is -0.490. The van der Waals surface area contributed by atoms with Gasteiger partial charge in [-0.05, 0) is 35.6 Å². The van der Waals surface area contributed by atoms with Crippen LogP contribution in [-0.4, -0.2) is 11.3 Å². The van der Waals surface area contributed by atoms with Crippen molar-refractivity contribution in [3.05, 3.63) is 27.3 Å². The summed E-state index contributed by atoms with van der Waals surface area (Å²) in [5.41, 5.74) is 1.57. The molecule has 68 valence electrons. The van der Waals surface area contributed by atoms with Crippen LogP contribution >= 0.6 is 34.8 Å². The van der Waals surface area contributed by atoms with E-state index >= 15 is 0 Å². The van der Waals surface area contributed by atoms with Gasteiger partial charge in [-0.2, -0.15) is 0 Å². The van der Waals surface area contributed by atoms with Crippen molar-refractivity contribution in [2.24, 2.45) is 0 Å². The van der Waals surface area contributed by atoms with Crippen LogP contribution in [0.1, 0.15) is 17.3 Å². The molecule has 1 aromatic carbocycles. The molecule has 0 aliphatic rings. The van der Waals surface area contributed by atoms with Crippen molar-refractivity contribution >= 4 is 51.8 Å². The highest BCUT2D eigenvalue weighted by Gasteiger charge is 2.03. The molecule has 0 unspecified atom stereocenters. The number of rotatable bonds is 2. The quantitative estimate of drug-likeness (QED) is 0.517. The van der Waals surface area contributed by atoms with Gasteiger partial charge in [0.25, 0.3) is 0 Å². The van der Waals surface area contributed by atoms with Crippen molar-refractivity contribution in [2.45, 2.75) is 6.92 Å². The fourth-order valence-corrected chi connectivity index (χ4v) is 1.66. The standard InChI is InChI=1S/C9H8INOS/c1-6(13)11-8-4-2-3-7(5-12)9(8)10/h2-5H,1H3,(H,11,13). The Morgan fingerprint density at radius 1 is 1.62 bits per heavy atom. The second kappa shape index (κ2) is 4.66. The molecule has 0 amide bonds. The van der Waals surface area contributed by atoms with Crippen LogP contribution in [0.15, 0.2) is 18.2 Å². The van der Waals surface area contributed by atoms with Crippen molar-refractivity contribution in [3.63, 3.8) is 0 Å². The van der Waals surface area contributed by atoms with E-state index < -0.39 is 0 Å². The van der Waals surface area contributed by atoms with Gasteiger partial charge in [0.15, 0.2) is 6.29 Å². The van der Waals surface area contributed by atoms with Crippen LogP contribution in [0.3, 0.4) is 0 Å². The predicted octanol–water partition coefficient (Wildman–Crippen LogP) is 2.86. The van der Waals surface area contributed by atoms with Gasteiger partial charge < -0.3 is 5.32 Å². The molecule has 13 heavy (non-hydrogen) atoms. The lowest BCUT2D eigenvalue weighted by Gasteiger charge is -2.07. The number of nitrogens with one attached hydrogen (secondary N) is 1. The molecule has 0 saturated heterocycles. The maximum Gasteiger partial charge on any atom is 0.151 e. The van der Waals surface area contributed by atoms with E-state index in [1.165, 1.54) is 0 Å². The molecule has 0 atom stereocenters. The van der Waals surface area contributed by atoms with Gasteiger partial charge in [0.2, 0.25) is 0 Å². The molecule has 0 saturated carbocycles. The molecular formula is C9H8INOS. The first kappa shape index (κ1) is 10.6. The normalized spacial score (nSPS) is 9.38. The first-order chi connectivity index (χ1) is 6.15. The largest absolute Gasteiger partial charge is 0.349 e. The van der Waals surface area contributed by atoms with E-state index in [4.69, 9.17) is 12.2 Å². The molecule has 4 heteroatoms. The third-order valence-electron chi connectivity index (χ3n) is 1.47. The van der Waals surface area contributed by atoms with Crippen LogP contribution < -0.4 is 5.32 Å². The molecule has 0 aliphatic heterocycles. The topological polar surface area (TPSA) is 29.1 Å². The Labute approximate surface area is 95.9 Å². The summed E-state index contributed by atoms with van der Waals surface area (Å²) in [7, 11) is 0. The molecule has 0 radical (unpaired) electrons. The Balaban J connectivity index is 3.07. The number of hydrogen-bond donors (Lipinski definition) is 1. The minimum absolute atomic E-state index is 0.682. The average molecular weight is 305 g/mol. The van der Waals surface area contributed by atoms with Gasteiger partial charge in [0.05, 0.1) is 10.7 Å². The lowest BCUT2D eigenvalue weighted by Crippen LogP contribution is -2.05. The highest BCUT2D eigenvalue weighted by atomic mass is 127. The van der Waals surface area contributed by atoms with Crippen LogP contribution in [0.4, 0.5) is 5.69 Å². The number of benzene rings is 1. The van der Waals surface area contributed by atoms with E-state index in [2.05, 4.69) is 27.9 Å². The molecule has 0 bridgehead atoms. The lowest BCUT2D eigenvalue weighted by atomic mass is 10.2. The van der Waals surface area contributed by atoms with Crippen molar-refractivity contribution < 1.29 is 4.79 Å². The van der Waals surface area contributed by atoms with E-state index in [1.54, 1.807) is 13.0 Å². The van der Waals surface area contributed by atoms with Crippen LogP contribution in [0.2, 0.25) is 0 Å². The highest BCUT2D eigenvalue weighted by molar-refractivity contribution is 14.1. The zero-order valence-corrected chi connectivity index (χ0v) is 9.98. The minimum atomic E-state index is 0.682. The Morgan fingerprint density at radius 3 is 2.85 bits per heavy atom. The SMILES string of the molecule is CC(=S)Nc1cccc(C=O)c1I. The third-order valence-corrected chi connectivity index (χ3v) is 2.77. The molecule has 0 aliphatic carbocycles. The fourth-order valence-electron chi connectivity index (χ4n) is 0.927. The summed E-state index contributed by atoms with van der Waals surface area (Å²) in [6.45, 7) is 1.80. The molecule has 0 heterocycles. The number of halogens is 1. The highest BCUT2D eigenvalue weighted by Crippen LogP contribution is 2.20. The summed E-state index contributed by atoms with van der Waals surface area (Å²) >= 11 is 7.03. The average Bonchev–Trinajstić information content (AvgIpc) is 2.08. The molecule has 2 nitrogen and oxygen atoms in total. The van der Waals surface area contributed by atoms with Gasteiger partial charge >= 0.3 is 0 Å². The fraction of sp³-hybridized carbons (Fsp3) is 0.111. The summed E-state index contributed by atoms with van der Waals surface area (Å²) in [5.74, 6) is 0. The second-order valence-electron chi connectivity index (χ2n) is 2.51. The van der Waals surface area contributed by atoms with Gasteiger partial charge in [-0.25, -0.2) is 0 Å². The monoisotopic (exact) mass is 305 g/mol. The molecule has 1 rings (SSSR count). The third kappa shape index (κ3) is 2.73. The molecule has 1 aromatic rings. The zero-order valence-electron chi connectivity index (χ0n) is 7.00. The van der Waals surface area contributed by atoms with Gasteiger partial charge in [-0.15, -0.1) is 0 Å². The van der Waals surface area contributed by atoms with E-state index in [0.29, 0.717) is 10.6 Å². The maximum atomic E-state index is 10.6. The molecular weight excluding hydrogens is 297 g/mol. The Morgan fingerprint density at radius 2 is 2.31 bits per heavy atom. The predicted molar refractivity (Wildman–Crippen MR) is 66.4 cm³/mol. The maximum absolute atomic E-state index is 10.6. The first-order valence-corrected chi connectivity index (χ1v) is 5.15. The molecule has 0 aromatic heterocycles. The summed E-state index contributed by atoms with van der Waals surface area (Å²) in [5, 5.41) is 3.01. The molecule has 0 fully saturated rings. The summed E-state index contributed by atoms with van der Waals surface area (Å²) < 4.78 is 0.902. The van der Waals surface area contributed by atoms with Crippen LogP contribution in [0.25, 0.3) is 0 Å². The lowest BCUT2D eigenvalue weighted by molar-refractivity contribution is 0.112. The van der Waals surface area contributed by atoms with Crippen molar-refractivity contribution in [2.75, 3.05) is 5.32 Å². The first-order valence-electron chi connectivity index (χ1n) is 3.66. The van der Waals surface area contributed by atoms with Crippen molar-refractivity contribution in [1.82, 2.24) is 0 Å². The van der Waals surface area contributed by atoms with E-state index in [9.17, 15) is 4.79 Å². The van der Waals surface area contributed by atoms with E-state index in [0.717, 1.165) is 15.5 Å². The van der Waals surface area contributed by atoms with Gasteiger partial charge in [0.1, 0.15) is 0 Å². The van der Waals surface area contributed by atoms with E-state index in [-0.39, 0.29) is 0 Å². The van der Waals surface area contributed by atoms with Crippen molar-refractivity contribution in [1.29, 1.82) is 0 Å². The number of anilines is 1. The van der Waals surface area contributed by atoms with Gasteiger partial charge in [-0.3, -0.25) is 4.79 Å². The summed E-state index contributed by atoms with van der Waals surface area (Å²) in [4.78, 5) is 11.3. The summed E-state index contributed by atoms with van der Waals surface area (Å²) in [6.07, 6.45) is 0.839. The minimum Gasteiger partial charge on any atom is -0.349 e. The van der Waals surface area contributed by atoms with E-state index in [1.807, 2.05) is 12.1 Å². The van der Waals surface area contributed by atoms with Gasteiger partial charge in [0, 0.05) is 9.13 Å². The second-order valence-corrected chi connectivity index (χ2v) is 4.20. The Bertz CT molecular complexity index is 351. The van der Waals surface area contributed by atoms with Crippen LogP contribution in [0.5, 0.6) is 0 Å². The van der Waals surface area contributed by atoms with Gasteiger partial charge in [-0.1, -0.05) is 24.4 Å². The Kier molecular flexibility index (Phi) is 3.80. The number of hydrogen-bond acceptors (Lipinski definition) is 2. The van der Waals surface area contributed by atoms with Crippen LogP contribution in [-0.2, 0) is 0 Å². The van der Waals surface area contributed by atoms with Crippen molar-refractivity contribution in [3.8, 4) is 0 Å².